The van der Waals surface area contributed by atoms with E-state index in [2.05, 4.69) is 9.88 Å². The Morgan fingerprint density at radius 3 is 2.74 bits per heavy atom. The van der Waals surface area contributed by atoms with Crippen molar-refractivity contribution in [3.63, 3.8) is 0 Å². The van der Waals surface area contributed by atoms with Crippen LogP contribution in [0, 0.1) is 17.7 Å². The molecule has 2 heterocycles. The van der Waals surface area contributed by atoms with Gasteiger partial charge >= 0.3 is 0 Å². The lowest BCUT2D eigenvalue weighted by Crippen LogP contribution is -2.30. The fourth-order valence-electron chi connectivity index (χ4n) is 3.86. The van der Waals surface area contributed by atoms with Gasteiger partial charge in [0.15, 0.2) is 0 Å². The van der Waals surface area contributed by atoms with Gasteiger partial charge in [-0.2, -0.15) is 0 Å². The highest BCUT2D eigenvalue weighted by Crippen LogP contribution is 2.37. The molecule has 3 unspecified atom stereocenters. The van der Waals surface area contributed by atoms with E-state index in [1.54, 1.807) is 18.4 Å². The van der Waals surface area contributed by atoms with Crippen LogP contribution in [0.5, 0.6) is 0 Å². The van der Waals surface area contributed by atoms with Crippen LogP contribution in [0.15, 0.2) is 34.9 Å². The maximum atomic E-state index is 13.0. The number of benzene rings is 1. The van der Waals surface area contributed by atoms with E-state index in [9.17, 15) is 4.39 Å². The summed E-state index contributed by atoms with van der Waals surface area (Å²) in [4.78, 5) is 6.94. The van der Waals surface area contributed by atoms with Crippen molar-refractivity contribution in [2.45, 2.75) is 25.4 Å². The summed E-state index contributed by atoms with van der Waals surface area (Å²) in [5.74, 6) is 1.68. The average molecular weight is 338 g/mol. The molecule has 1 aliphatic heterocycles. The highest BCUT2D eigenvalue weighted by atomic mass is 35.5. The summed E-state index contributed by atoms with van der Waals surface area (Å²) < 4.78 is 18.5. The van der Waals surface area contributed by atoms with E-state index >= 15 is 0 Å². The zero-order valence-electron chi connectivity index (χ0n) is 12.8. The van der Waals surface area contributed by atoms with Gasteiger partial charge in [0.05, 0.1) is 5.69 Å². The van der Waals surface area contributed by atoms with Crippen molar-refractivity contribution in [2.24, 2.45) is 17.6 Å². The van der Waals surface area contributed by atoms with Gasteiger partial charge in [-0.3, -0.25) is 4.90 Å². The van der Waals surface area contributed by atoms with Crippen molar-refractivity contribution in [3.8, 4) is 11.5 Å². The number of fused-ring (bicyclic) bond motifs is 1. The first-order chi connectivity index (χ1) is 10.7. The van der Waals surface area contributed by atoms with E-state index in [0.29, 0.717) is 17.9 Å². The third-order valence-electron chi connectivity index (χ3n) is 5.02. The summed E-state index contributed by atoms with van der Waals surface area (Å²) in [7, 11) is 0. The summed E-state index contributed by atoms with van der Waals surface area (Å²) in [6.45, 7) is 2.96. The second kappa shape index (κ2) is 6.59. The van der Waals surface area contributed by atoms with Gasteiger partial charge in [-0.1, -0.05) is 0 Å². The number of rotatable bonds is 3. The molecule has 4 nitrogen and oxygen atoms in total. The van der Waals surface area contributed by atoms with Gasteiger partial charge in [0, 0.05) is 31.2 Å². The molecule has 1 aliphatic carbocycles. The minimum atomic E-state index is -0.254. The number of aromatic nitrogens is 1. The first kappa shape index (κ1) is 16.4. The maximum Gasteiger partial charge on any atom is 0.226 e. The number of halogens is 2. The van der Waals surface area contributed by atoms with Gasteiger partial charge < -0.3 is 10.2 Å². The molecule has 2 aliphatic rings. The molecule has 0 amide bonds. The molecule has 1 saturated heterocycles. The van der Waals surface area contributed by atoms with Crippen molar-refractivity contribution >= 4 is 12.4 Å². The number of oxazole rings is 1. The summed E-state index contributed by atoms with van der Waals surface area (Å²) in [6.07, 6.45) is 4.12. The lowest BCUT2D eigenvalue weighted by molar-refractivity contribution is 0.294. The molecule has 2 aromatic rings. The predicted molar refractivity (Wildman–Crippen MR) is 88.6 cm³/mol. The van der Waals surface area contributed by atoms with Crippen LogP contribution in [-0.4, -0.2) is 29.0 Å². The Kier molecular flexibility index (Phi) is 4.71. The number of hydrogen-bond donors (Lipinski definition) is 1. The Bertz CT molecular complexity index is 660. The molecule has 6 heteroatoms. The van der Waals surface area contributed by atoms with Crippen molar-refractivity contribution in [2.75, 3.05) is 13.1 Å². The van der Waals surface area contributed by atoms with E-state index in [0.717, 1.165) is 36.8 Å². The van der Waals surface area contributed by atoms with Gasteiger partial charge in [-0.25, -0.2) is 9.37 Å². The Balaban J connectivity index is 0.00000156. The molecule has 0 bridgehead atoms. The van der Waals surface area contributed by atoms with E-state index in [-0.39, 0.29) is 18.2 Å². The van der Waals surface area contributed by atoms with E-state index in [4.69, 9.17) is 10.2 Å². The molecule has 23 heavy (non-hydrogen) atoms. The molecular weight excluding hydrogens is 317 g/mol. The average Bonchev–Trinajstić information content (AvgIpc) is 3.19. The van der Waals surface area contributed by atoms with Gasteiger partial charge in [0.25, 0.3) is 0 Å². The fraction of sp³-hybridized carbons (Fsp3) is 0.471. The number of likely N-dealkylation sites (tertiary alicyclic amines) is 1. The number of hydrogen-bond acceptors (Lipinski definition) is 4. The van der Waals surface area contributed by atoms with Crippen molar-refractivity contribution in [1.82, 2.24) is 9.88 Å². The van der Waals surface area contributed by atoms with Crippen LogP contribution < -0.4 is 5.73 Å². The van der Waals surface area contributed by atoms with E-state index in [1.807, 2.05) is 0 Å². The minimum absolute atomic E-state index is 0. The Morgan fingerprint density at radius 1 is 1.22 bits per heavy atom. The zero-order valence-corrected chi connectivity index (χ0v) is 13.6. The van der Waals surface area contributed by atoms with Crippen LogP contribution >= 0.6 is 12.4 Å². The molecule has 4 rings (SSSR count). The third-order valence-corrected chi connectivity index (χ3v) is 5.02. The first-order valence-corrected chi connectivity index (χ1v) is 7.87. The normalized spacial score (nSPS) is 27.0. The zero-order chi connectivity index (χ0) is 15.1. The molecule has 2 fully saturated rings. The van der Waals surface area contributed by atoms with Gasteiger partial charge in [-0.05, 0) is 48.9 Å². The largest absolute Gasteiger partial charge is 0.444 e. The summed E-state index contributed by atoms with van der Waals surface area (Å²) in [5.41, 5.74) is 7.90. The quantitative estimate of drug-likeness (QED) is 0.935. The van der Waals surface area contributed by atoms with Crippen LogP contribution in [0.25, 0.3) is 11.5 Å². The van der Waals surface area contributed by atoms with Crippen LogP contribution in [-0.2, 0) is 6.54 Å². The van der Waals surface area contributed by atoms with Crippen molar-refractivity contribution < 1.29 is 8.81 Å². The smallest absolute Gasteiger partial charge is 0.226 e. The molecule has 1 saturated carbocycles. The topological polar surface area (TPSA) is 55.3 Å². The highest BCUT2D eigenvalue weighted by Gasteiger charge is 2.40. The Hall–Kier alpha value is -1.43. The van der Waals surface area contributed by atoms with Crippen LogP contribution in [0.2, 0.25) is 0 Å². The molecular formula is C17H21ClFN3O. The standard InChI is InChI=1S/C17H20FN3O.ClH/c18-13-4-1-11(2-5-13)17-20-14(10-22-17)8-21-7-12-3-6-16(19)15(12)9-21;/h1-2,4-5,10,12,15-16H,3,6-9,19H2;1H. The minimum Gasteiger partial charge on any atom is -0.444 e. The first-order valence-electron chi connectivity index (χ1n) is 7.87. The third kappa shape index (κ3) is 3.27. The van der Waals surface area contributed by atoms with Crippen LogP contribution in [0.3, 0.4) is 0 Å². The second-order valence-corrected chi connectivity index (χ2v) is 6.51. The molecule has 3 atom stereocenters. The molecule has 1 aromatic heterocycles. The molecule has 1 aromatic carbocycles. The SMILES string of the molecule is Cl.NC1CCC2CN(Cc3coc(-c4ccc(F)cc4)n3)CC12. The number of nitrogens with two attached hydrogens (primary N) is 1. The van der Waals surface area contributed by atoms with E-state index in [1.165, 1.54) is 25.0 Å². The summed E-state index contributed by atoms with van der Waals surface area (Å²) in [6, 6.07) is 6.57. The van der Waals surface area contributed by atoms with Crippen molar-refractivity contribution in [3.05, 3.63) is 42.0 Å². The Morgan fingerprint density at radius 2 is 2.00 bits per heavy atom. The van der Waals surface area contributed by atoms with Gasteiger partial charge in [0.2, 0.25) is 5.89 Å². The molecule has 0 spiro atoms. The highest BCUT2D eigenvalue weighted by molar-refractivity contribution is 5.85. The number of nitrogens with zero attached hydrogens (tertiary/aromatic N) is 2. The van der Waals surface area contributed by atoms with E-state index < -0.39 is 0 Å². The van der Waals surface area contributed by atoms with Crippen molar-refractivity contribution in [1.29, 1.82) is 0 Å². The van der Waals surface area contributed by atoms with Gasteiger partial charge in [-0.15, -0.1) is 12.4 Å². The van der Waals surface area contributed by atoms with Crippen LogP contribution in [0.4, 0.5) is 4.39 Å². The molecule has 124 valence electrons. The summed E-state index contributed by atoms with van der Waals surface area (Å²) in [5, 5.41) is 0. The second-order valence-electron chi connectivity index (χ2n) is 6.51. The summed E-state index contributed by atoms with van der Waals surface area (Å²) >= 11 is 0. The lowest BCUT2D eigenvalue weighted by atomic mass is 9.98. The van der Waals surface area contributed by atoms with Crippen LogP contribution in [0.1, 0.15) is 18.5 Å². The van der Waals surface area contributed by atoms with Gasteiger partial charge in [0.1, 0.15) is 12.1 Å². The lowest BCUT2D eigenvalue weighted by Gasteiger charge is -2.16. The monoisotopic (exact) mass is 337 g/mol. The molecule has 0 radical (unpaired) electrons. The Labute approximate surface area is 141 Å². The predicted octanol–water partition coefficient (Wildman–Crippen LogP) is 3.07. The fourth-order valence-corrected chi connectivity index (χ4v) is 3.86. The maximum absolute atomic E-state index is 13.0. The molecule has 2 N–H and O–H groups in total.